The third-order valence-electron chi connectivity index (χ3n) is 4.65. The molecule has 3 N–H and O–H groups in total. The second-order valence-electron chi connectivity index (χ2n) is 6.59. The van der Waals surface area contributed by atoms with Gasteiger partial charge in [0.25, 0.3) is 0 Å². The Kier molecular flexibility index (Phi) is 6.46. The first kappa shape index (κ1) is 17.5. The molecule has 1 aliphatic heterocycles. The van der Waals surface area contributed by atoms with Crippen LogP contribution in [-0.2, 0) is 6.54 Å². The molecule has 0 aliphatic carbocycles. The largest absolute Gasteiger partial charge is 0.370 e. The highest BCUT2D eigenvalue weighted by Crippen LogP contribution is 2.19. The monoisotopic (exact) mass is 336 g/mol. The molecule has 0 spiro atoms. The summed E-state index contributed by atoms with van der Waals surface area (Å²) in [5.41, 5.74) is 9.59. The van der Waals surface area contributed by atoms with E-state index in [1.807, 2.05) is 6.07 Å². The van der Waals surface area contributed by atoms with Crippen molar-refractivity contribution in [1.82, 2.24) is 10.2 Å². The maximum Gasteiger partial charge on any atom is 0.188 e. The maximum absolute atomic E-state index is 5.96. The molecule has 0 aromatic heterocycles. The molecular formula is C21H28N4. The van der Waals surface area contributed by atoms with E-state index >= 15 is 0 Å². The Balaban J connectivity index is 1.41. The number of benzene rings is 2. The van der Waals surface area contributed by atoms with Gasteiger partial charge in [0.15, 0.2) is 5.96 Å². The molecule has 132 valence electrons. The summed E-state index contributed by atoms with van der Waals surface area (Å²) in [6.45, 7) is 5.16. The highest BCUT2D eigenvalue weighted by molar-refractivity contribution is 5.77. The quantitative estimate of drug-likeness (QED) is 0.464. The van der Waals surface area contributed by atoms with Crippen molar-refractivity contribution in [2.24, 2.45) is 10.7 Å². The molecule has 2 aromatic rings. The molecule has 4 heteroatoms. The lowest BCUT2D eigenvalue weighted by Crippen LogP contribution is -2.34. The van der Waals surface area contributed by atoms with Crippen molar-refractivity contribution in [2.45, 2.75) is 25.8 Å². The Morgan fingerprint density at radius 3 is 2.36 bits per heavy atom. The number of rotatable bonds is 7. The molecule has 0 amide bonds. The van der Waals surface area contributed by atoms with Gasteiger partial charge < -0.3 is 16.0 Å². The number of nitrogens with one attached hydrogen (secondary N) is 1. The summed E-state index contributed by atoms with van der Waals surface area (Å²) >= 11 is 0. The molecule has 25 heavy (non-hydrogen) atoms. The second kappa shape index (κ2) is 9.23. The zero-order valence-corrected chi connectivity index (χ0v) is 14.8. The van der Waals surface area contributed by atoms with Crippen molar-refractivity contribution in [3.63, 3.8) is 0 Å². The van der Waals surface area contributed by atoms with Gasteiger partial charge in [-0.2, -0.15) is 0 Å². The van der Waals surface area contributed by atoms with Crippen LogP contribution in [0.3, 0.4) is 0 Å². The number of aliphatic imine (C=N–C) groups is 1. The summed E-state index contributed by atoms with van der Waals surface area (Å²) in [5, 5.41) is 3.22. The number of likely N-dealkylation sites (tertiary alicyclic amines) is 1. The average molecular weight is 336 g/mol. The van der Waals surface area contributed by atoms with E-state index < -0.39 is 0 Å². The predicted molar refractivity (Wildman–Crippen MR) is 105 cm³/mol. The van der Waals surface area contributed by atoms with Gasteiger partial charge in [0.05, 0.1) is 6.54 Å². The molecule has 0 bridgehead atoms. The topological polar surface area (TPSA) is 53.6 Å². The Morgan fingerprint density at radius 1 is 0.960 bits per heavy atom. The van der Waals surface area contributed by atoms with E-state index in [9.17, 15) is 0 Å². The van der Waals surface area contributed by atoms with Crippen LogP contribution in [0, 0.1) is 0 Å². The lowest BCUT2D eigenvalue weighted by Gasteiger charge is -2.14. The molecular weight excluding hydrogens is 308 g/mol. The van der Waals surface area contributed by atoms with E-state index in [2.05, 4.69) is 63.7 Å². The third-order valence-corrected chi connectivity index (χ3v) is 4.65. The van der Waals surface area contributed by atoms with Crippen molar-refractivity contribution in [1.29, 1.82) is 0 Å². The van der Waals surface area contributed by atoms with E-state index in [0.29, 0.717) is 12.5 Å². The van der Waals surface area contributed by atoms with Gasteiger partial charge in [-0.15, -0.1) is 0 Å². The number of hydrogen-bond acceptors (Lipinski definition) is 2. The first-order chi connectivity index (χ1) is 12.3. The van der Waals surface area contributed by atoms with Crippen LogP contribution in [0.1, 0.15) is 24.8 Å². The minimum absolute atomic E-state index is 0.536. The Bertz CT molecular complexity index is 658. The molecule has 4 nitrogen and oxygen atoms in total. The number of nitrogens with zero attached hydrogens (tertiary/aromatic N) is 2. The molecule has 0 radical (unpaired) electrons. The van der Waals surface area contributed by atoms with Gasteiger partial charge in [-0.25, -0.2) is 4.99 Å². The van der Waals surface area contributed by atoms with E-state index in [-0.39, 0.29) is 0 Å². The predicted octanol–water partition coefficient (Wildman–Crippen LogP) is 3.24. The van der Waals surface area contributed by atoms with Crippen molar-refractivity contribution in [2.75, 3.05) is 26.2 Å². The first-order valence-electron chi connectivity index (χ1n) is 9.22. The van der Waals surface area contributed by atoms with Crippen LogP contribution >= 0.6 is 0 Å². The van der Waals surface area contributed by atoms with Crippen LogP contribution in [0.2, 0.25) is 0 Å². The minimum Gasteiger partial charge on any atom is -0.370 e. The molecule has 1 saturated heterocycles. The zero-order valence-electron chi connectivity index (χ0n) is 14.8. The van der Waals surface area contributed by atoms with Gasteiger partial charge in [0.2, 0.25) is 0 Å². The third kappa shape index (κ3) is 5.61. The summed E-state index contributed by atoms with van der Waals surface area (Å²) in [4.78, 5) is 6.95. The summed E-state index contributed by atoms with van der Waals surface area (Å²) in [6.07, 6.45) is 3.81. The van der Waals surface area contributed by atoms with Crippen molar-refractivity contribution in [3.05, 3.63) is 60.2 Å². The van der Waals surface area contributed by atoms with Crippen LogP contribution in [-0.4, -0.2) is 37.0 Å². The SMILES string of the molecule is NC(=NCc1ccc(-c2ccccc2)cc1)NCCCN1CCCC1. The van der Waals surface area contributed by atoms with Gasteiger partial charge in [-0.05, 0) is 55.6 Å². The fourth-order valence-corrected chi connectivity index (χ4v) is 3.19. The van der Waals surface area contributed by atoms with Crippen molar-refractivity contribution >= 4 is 5.96 Å². The van der Waals surface area contributed by atoms with Crippen molar-refractivity contribution in [3.8, 4) is 11.1 Å². The lowest BCUT2D eigenvalue weighted by atomic mass is 10.0. The number of nitrogens with two attached hydrogens (primary N) is 1. The van der Waals surface area contributed by atoms with Gasteiger partial charge in [0.1, 0.15) is 0 Å². The standard InChI is InChI=1S/C21H28N4/c22-21(23-13-6-16-25-14-4-5-15-25)24-17-18-9-11-20(12-10-18)19-7-2-1-3-8-19/h1-3,7-12H,4-6,13-17H2,(H3,22,23,24). The second-order valence-corrected chi connectivity index (χ2v) is 6.59. The first-order valence-corrected chi connectivity index (χ1v) is 9.22. The van der Waals surface area contributed by atoms with Crippen LogP contribution < -0.4 is 11.1 Å². The van der Waals surface area contributed by atoms with E-state index in [1.54, 1.807) is 0 Å². The van der Waals surface area contributed by atoms with Crippen LogP contribution in [0.4, 0.5) is 0 Å². The maximum atomic E-state index is 5.96. The zero-order chi connectivity index (χ0) is 17.3. The normalized spacial score (nSPS) is 15.4. The summed E-state index contributed by atoms with van der Waals surface area (Å²) in [7, 11) is 0. The fourth-order valence-electron chi connectivity index (χ4n) is 3.19. The Morgan fingerprint density at radius 2 is 1.64 bits per heavy atom. The van der Waals surface area contributed by atoms with Crippen LogP contribution in [0.15, 0.2) is 59.6 Å². The molecule has 2 aromatic carbocycles. The molecule has 1 fully saturated rings. The Hall–Kier alpha value is -2.33. The van der Waals surface area contributed by atoms with Gasteiger partial charge in [-0.1, -0.05) is 54.6 Å². The minimum atomic E-state index is 0.536. The smallest absolute Gasteiger partial charge is 0.188 e. The lowest BCUT2D eigenvalue weighted by molar-refractivity contribution is 0.334. The van der Waals surface area contributed by atoms with Gasteiger partial charge in [-0.3, -0.25) is 0 Å². The molecule has 1 aliphatic rings. The van der Waals surface area contributed by atoms with Crippen LogP contribution in [0.25, 0.3) is 11.1 Å². The molecule has 1 heterocycles. The highest BCUT2D eigenvalue weighted by atomic mass is 15.1. The Labute approximate surface area is 150 Å². The highest BCUT2D eigenvalue weighted by Gasteiger charge is 2.09. The van der Waals surface area contributed by atoms with Crippen molar-refractivity contribution < 1.29 is 0 Å². The molecule has 3 rings (SSSR count). The van der Waals surface area contributed by atoms with E-state index in [0.717, 1.165) is 19.5 Å². The number of hydrogen-bond donors (Lipinski definition) is 2. The summed E-state index contributed by atoms with van der Waals surface area (Å²) in [5.74, 6) is 0.536. The molecule has 0 saturated carbocycles. The summed E-state index contributed by atoms with van der Waals surface area (Å²) < 4.78 is 0. The van der Waals surface area contributed by atoms with Gasteiger partial charge >= 0.3 is 0 Å². The molecule has 0 unspecified atom stereocenters. The van der Waals surface area contributed by atoms with Crippen LogP contribution in [0.5, 0.6) is 0 Å². The fraction of sp³-hybridized carbons (Fsp3) is 0.381. The van der Waals surface area contributed by atoms with E-state index in [1.165, 1.54) is 42.6 Å². The summed E-state index contributed by atoms with van der Waals surface area (Å²) in [6, 6.07) is 18.9. The average Bonchev–Trinajstić information content (AvgIpc) is 3.18. The van der Waals surface area contributed by atoms with Gasteiger partial charge in [0, 0.05) is 6.54 Å². The molecule has 0 atom stereocenters. The number of guanidine groups is 1. The van der Waals surface area contributed by atoms with E-state index in [4.69, 9.17) is 5.73 Å².